The van der Waals surface area contributed by atoms with E-state index in [2.05, 4.69) is 32.4 Å². The number of aromatic nitrogens is 3. The third-order valence-electron chi connectivity index (χ3n) is 6.44. The van der Waals surface area contributed by atoms with E-state index in [-0.39, 0.29) is 25.0 Å². The van der Waals surface area contributed by atoms with Crippen LogP contribution in [-0.2, 0) is 9.59 Å². The number of imide groups is 1. The molecular weight excluding hydrogens is 486 g/mol. The smallest absolute Gasteiger partial charge is 0.254 e. The molecule has 3 aliphatic rings. The zero-order valence-corrected chi connectivity index (χ0v) is 20.2. The maximum absolute atomic E-state index is 12.0. The molecule has 2 aromatic carbocycles. The van der Waals surface area contributed by atoms with Crippen LogP contribution >= 0.6 is 0 Å². The molecule has 1 aliphatic carbocycles. The Morgan fingerprint density at radius 3 is 2.58 bits per heavy atom. The van der Waals surface area contributed by atoms with Crippen molar-refractivity contribution in [3.05, 3.63) is 66.0 Å². The van der Waals surface area contributed by atoms with Gasteiger partial charge in [0.2, 0.25) is 12.7 Å². The minimum absolute atomic E-state index is 0.0496. The average Bonchev–Trinajstić information content (AvgIpc) is 3.27. The first-order valence-corrected chi connectivity index (χ1v) is 12.3. The van der Waals surface area contributed by atoms with Gasteiger partial charge in [0.1, 0.15) is 5.82 Å². The summed E-state index contributed by atoms with van der Waals surface area (Å²) in [5, 5.41) is 17.0. The average molecular weight is 510 g/mol. The second kappa shape index (κ2) is 8.80. The van der Waals surface area contributed by atoms with E-state index in [9.17, 15) is 9.59 Å². The molecule has 0 spiro atoms. The Hall–Kier alpha value is -5.06. The van der Waals surface area contributed by atoms with E-state index in [4.69, 9.17) is 14.5 Å². The van der Waals surface area contributed by atoms with E-state index in [0.717, 1.165) is 41.3 Å². The molecule has 2 aliphatic heterocycles. The van der Waals surface area contributed by atoms with Crippen LogP contribution in [0.4, 0.5) is 28.6 Å². The topological polar surface area (TPSA) is 131 Å². The van der Waals surface area contributed by atoms with Gasteiger partial charge < -0.3 is 25.4 Å². The lowest BCUT2D eigenvalue weighted by Gasteiger charge is -2.14. The Labute approximate surface area is 216 Å². The fourth-order valence-corrected chi connectivity index (χ4v) is 4.47. The standard InChI is InChI=1S/C27H23N7O4/c35-25-8-15(27(36)33-25)7-16-13-28-34-6-5-24(32-26(16)34)31-21-10-19(29-17-1-2-17)9-20(11-21)30-18-3-4-22-23(12-18)38-14-37-22/h3-7,9-13,17,29-30H,1-2,8,14H2,(H,31,32)(H,33,35,36)/b15-7-. The summed E-state index contributed by atoms with van der Waals surface area (Å²) in [6, 6.07) is 14.2. The number of ether oxygens (including phenoxy) is 2. The van der Waals surface area contributed by atoms with Gasteiger partial charge in [-0.15, -0.1) is 0 Å². The van der Waals surface area contributed by atoms with Crippen molar-refractivity contribution in [1.29, 1.82) is 0 Å². The molecule has 1 saturated heterocycles. The molecular formula is C27H23N7O4. The van der Waals surface area contributed by atoms with Crippen LogP contribution in [0.1, 0.15) is 24.8 Å². The highest BCUT2D eigenvalue weighted by Crippen LogP contribution is 2.36. The van der Waals surface area contributed by atoms with Crippen LogP contribution in [0.5, 0.6) is 11.5 Å². The summed E-state index contributed by atoms with van der Waals surface area (Å²) >= 11 is 0. The van der Waals surface area contributed by atoms with Gasteiger partial charge >= 0.3 is 0 Å². The number of carbonyl (C=O) groups is 2. The van der Waals surface area contributed by atoms with Gasteiger partial charge in [0.15, 0.2) is 17.1 Å². The molecule has 2 fully saturated rings. The molecule has 4 heterocycles. The predicted molar refractivity (Wildman–Crippen MR) is 141 cm³/mol. The molecule has 190 valence electrons. The lowest BCUT2D eigenvalue weighted by molar-refractivity contribution is -0.124. The summed E-state index contributed by atoms with van der Waals surface area (Å²) in [4.78, 5) is 28.3. The monoisotopic (exact) mass is 509 g/mol. The van der Waals surface area contributed by atoms with Crippen molar-refractivity contribution in [3.8, 4) is 11.5 Å². The Bertz CT molecular complexity index is 1640. The molecule has 0 radical (unpaired) electrons. The van der Waals surface area contributed by atoms with Crippen LogP contribution in [0.25, 0.3) is 11.7 Å². The van der Waals surface area contributed by atoms with Crippen LogP contribution in [0, 0.1) is 0 Å². The zero-order valence-electron chi connectivity index (χ0n) is 20.2. The highest BCUT2D eigenvalue weighted by Gasteiger charge is 2.24. The van der Waals surface area contributed by atoms with Gasteiger partial charge in [-0.1, -0.05) is 0 Å². The highest BCUT2D eigenvalue weighted by molar-refractivity contribution is 6.15. The third-order valence-corrected chi connectivity index (χ3v) is 6.44. The molecule has 0 atom stereocenters. The van der Waals surface area contributed by atoms with E-state index in [0.29, 0.717) is 34.4 Å². The Morgan fingerprint density at radius 2 is 1.76 bits per heavy atom. The van der Waals surface area contributed by atoms with Crippen molar-refractivity contribution < 1.29 is 19.1 Å². The largest absolute Gasteiger partial charge is 0.454 e. The fraction of sp³-hybridized carbons (Fsp3) is 0.185. The molecule has 2 amide bonds. The van der Waals surface area contributed by atoms with Crippen LogP contribution in [0.15, 0.2) is 60.4 Å². The van der Waals surface area contributed by atoms with Crippen molar-refractivity contribution in [1.82, 2.24) is 19.9 Å². The maximum atomic E-state index is 12.0. The zero-order chi connectivity index (χ0) is 25.6. The minimum atomic E-state index is -0.383. The lowest BCUT2D eigenvalue weighted by Crippen LogP contribution is -2.19. The number of hydrogen-bond acceptors (Lipinski definition) is 9. The number of benzene rings is 2. The van der Waals surface area contributed by atoms with Crippen molar-refractivity contribution in [3.63, 3.8) is 0 Å². The van der Waals surface area contributed by atoms with Gasteiger partial charge in [0, 0.05) is 52.2 Å². The molecule has 0 bridgehead atoms. The second-order valence-electron chi connectivity index (χ2n) is 9.44. The van der Waals surface area contributed by atoms with Crippen molar-refractivity contribution in [2.45, 2.75) is 25.3 Å². The first kappa shape index (κ1) is 22.2. The quantitative estimate of drug-likeness (QED) is 0.216. The van der Waals surface area contributed by atoms with Crippen LogP contribution in [0.3, 0.4) is 0 Å². The Kier molecular flexibility index (Phi) is 5.13. The summed E-state index contributed by atoms with van der Waals surface area (Å²) in [5.74, 6) is 1.37. The predicted octanol–water partition coefficient (Wildman–Crippen LogP) is 3.95. The van der Waals surface area contributed by atoms with Crippen molar-refractivity contribution >= 4 is 52.1 Å². The summed E-state index contributed by atoms with van der Waals surface area (Å²) < 4.78 is 12.6. The molecule has 38 heavy (non-hydrogen) atoms. The molecule has 1 saturated carbocycles. The third kappa shape index (κ3) is 4.45. The van der Waals surface area contributed by atoms with E-state index < -0.39 is 0 Å². The first-order valence-electron chi connectivity index (χ1n) is 12.3. The van der Waals surface area contributed by atoms with E-state index in [1.165, 1.54) is 0 Å². The highest BCUT2D eigenvalue weighted by atomic mass is 16.7. The molecule has 7 rings (SSSR count). The minimum Gasteiger partial charge on any atom is -0.454 e. The number of fused-ring (bicyclic) bond motifs is 2. The number of nitrogens with zero attached hydrogens (tertiary/aromatic N) is 3. The van der Waals surface area contributed by atoms with Crippen molar-refractivity contribution in [2.24, 2.45) is 0 Å². The van der Waals surface area contributed by atoms with Gasteiger partial charge in [-0.25, -0.2) is 9.50 Å². The number of carbonyl (C=O) groups excluding carboxylic acids is 2. The number of rotatable bonds is 7. The van der Waals surface area contributed by atoms with Gasteiger partial charge in [-0.2, -0.15) is 5.10 Å². The first-order chi connectivity index (χ1) is 18.6. The maximum Gasteiger partial charge on any atom is 0.254 e. The van der Waals surface area contributed by atoms with Crippen LogP contribution in [-0.4, -0.2) is 39.2 Å². The van der Waals surface area contributed by atoms with Gasteiger partial charge in [0.25, 0.3) is 5.91 Å². The second-order valence-corrected chi connectivity index (χ2v) is 9.44. The van der Waals surface area contributed by atoms with E-state index >= 15 is 0 Å². The number of nitrogens with one attached hydrogen (secondary N) is 4. The summed E-state index contributed by atoms with van der Waals surface area (Å²) in [5.41, 5.74) is 5.23. The number of hydrogen-bond donors (Lipinski definition) is 4. The molecule has 0 unspecified atom stereocenters. The lowest BCUT2D eigenvalue weighted by atomic mass is 10.1. The molecule has 11 nitrogen and oxygen atoms in total. The normalized spacial score (nSPS) is 17.2. The SMILES string of the molecule is O=C1C/C(=C/c2cnn3ccc(Nc4cc(Nc5ccc6c(c5)OCO6)cc(NC5CC5)c4)nc23)C(=O)N1. The summed E-state index contributed by atoms with van der Waals surface area (Å²) in [7, 11) is 0. The molecule has 2 aromatic heterocycles. The van der Waals surface area contributed by atoms with Gasteiger partial charge in [0.05, 0.1) is 12.6 Å². The molecule has 11 heteroatoms. The van der Waals surface area contributed by atoms with E-state index in [1.54, 1.807) is 23.0 Å². The van der Waals surface area contributed by atoms with E-state index in [1.807, 2.05) is 36.4 Å². The van der Waals surface area contributed by atoms with Gasteiger partial charge in [-0.3, -0.25) is 14.9 Å². The summed E-state index contributed by atoms with van der Waals surface area (Å²) in [6.07, 6.45) is 7.45. The fourth-order valence-electron chi connectivity index (χ4n) is 4.47. The Balaban J connectivity index is 1.18. The number of anilines is 5. The Morgan fingerprint density at radius 1 is 0.947 bits per heavy atom. The molecule has 4 aromatic rings. The van der Waals surface area contributed by atoms with Crippen molar-refractivity contribution in [2.75, 3.05) is 22.7 Å². The summed E-state index contributed by atoms with van der Waals surface area (Å²) in [6.45, 7) is 0.228. The number of amides is 2. The van der Waals surface area contributed by atoms with Crippen LogP contribution < -0.4 is 30.7 Å². The van der Waals surface area contributed by atoms with Crippen LogP contribution in [0.2, 0.25) is 0 Å². The molecule has 4 N–H and O–H groups in total. The van der Waals surface area contributed by atoms with Gasteiger partial charge in [-0.05, 0) is 55.3 Å².